The van der Waals surface area contributed by atoms with Crippen molar-refractivity contribution in [1.29, 1.82) is 0 Å². The Kier molecular flexibility index (Phi) is 3.52. The number of para-hydroxylation sites is 2. The van der Waals surface area contributed by atoms with Crippen LogP contribution in [0.25, 0.3) is 11.0 Å². The van der Waals surface area contributed by atoms with Crippen molar-refractivity contribution in [3.8, 4) is 0 Å². The predicted octanol–water partition coefficient (Wildman–Crippen LogP) is 1.95. The van der Waals surface area contributed by atoms with E-state index in [4.69, 9.17) is 10.2 Å². The fourth-order valence-electron chi connectivity index (χ4n) is 1.93. The summed E-state index contributed by atoms with van der Waals surface area (Å²) in [5, 5.41) is 17.4. The molecule has 0 radical (unpaired) electrons. The van der Waals surface area contributed by atoms with Gasteiger partial charge in [0.15, 0.2) is 0 Å². The summed E-state index contributed by atoms with van der Waals surface area (Å²) in [4.78, 5) is 12.2. The van der Waals surface area contributed by atoms with Crippen LogP contribution in [0.3, 0.4) is 0 Å². The van der Waals surface area contributed by atoms with Crippen molar-refractivity contribution in [2.75, 3.05) is 0 Å². The number of fused-ring (bicyclic) bond motifs is 1. The average Bonchev–Trinajstić information content (AvgIpc) is 2.66. The van der Waals surface area contributed by atoms with E-state index in [2.05, 4.69) is 0 Å². The summed E-state index contributed by atoms with van der Waals surface area (Å²) < 4.78 is 3.13. The number of aliphatic hydroxyl groups excluding tert-OH is 2. The highest BCUT2D eigenvalue weighted by atomic mass is 16.2. The van der Waals surface area contributed by atoms with Gasteiger partial charge in [-0.3, -0.25) is 9.13 Å². The maximum absolute atomic E-state index is 12.2. The molecule has 0 amide bonds. The summed E-state index contributed by atoms with van der Waals surface area (Å²) in [6.07, 6.45) is 4.85. The molecule has 0 aliphatic heterocycles. The Balaban J connectivity index is 2.63. The Morgan fingerprint density at radius 1 is 0.944 bits per heavy atom. The molecular formula is C13H14N2O3. The van der Waals surface area contributed by atoms with Crippen LogP contribution < -0.4 is 5.69 Å². The van der Waals surface area contributed by atoms with Crippen molar-refractivity contribution in [3.05, 3.63) is 59.4 Å². The molecule has 0 saturated heterocycles. The zero-order valence-electron chi connectivity index (χ0n) is 9.73. The lowest BCUT2D eigenvalue weighted by Crippen LogP contribution is -2.23. The highest BCUT2D eigenvalue weighted by Gasteiger charge is 2.10. The molecule has 0 unspecified atom stereocenters. The van der Waals surface area contributed by atoms with Crippen LogP contribution in [-0.2, 0) is 13.1 Å². The van der Waals surface area contributed by atoms with Gasteiger partial charge in [-0.1, -0.05) is 12.1 Å². The van der Waals surface area contributed by atoms with Crippen molar-refractivity contribution in [3.63, 3.8) is 0 Å². The number of hydrogen-bond acceptors (Lipinski definition) is 3. The first kappa shape index (κ1) is 12.0. The molecule has 5 heteroatoms. The molecule has 0 aliphatic rings. The van der Waals surface area contributed by atoms with Crippen LogP contribution >= 0.6 is 0 Å². The number of benzene rings is 1. The molecule has 5 nitrogen and oxygen atoms in total. The minimum absolute atomic E-state index is 0.174. The van der Waals surface area contributed by atoms with E-state index in [0.717, 1.165) is 23.6 Å². The molecule has 0 atom stereocenters. The van der Waals surface area contributed by atoms with Crippen LogP contribution in [0.1, 0.15) is 0 Å². The molecule has 94 valence electrons. The molecule has 18 heavy (non-hydrogen) atoms. The fraction of sp³-hybridized carbons (Fsp3) is 0.154. The van der Waals surface area contributed by atoms with E-state index in [0.29, 0.717) is 13.1 Å². The van der Waals surface area contributed by atoms with Gasteiger partial charge in [0.1, 0.15) is 0 Å². The number of hydrogen-bond donors (Lipinski definition) is 2. The van der Waals surface area contributed by atoms with Gasteiger partial charge >= 0.3 is 5.69 Å². The quantitative estimate of drug-likeness (QED) is 0.810. The molecule has 0 saturated carbocycles. The van der Waals surface area contributed by atoms with Gasteiger partial charge in [0.2, 0.25) is 0 Å². The first-order chi connectivity index (χ1) is 8.79. The zero-order chi connectivity index (χ0) is 13.0. The van der Waals surface area contributed by atoms with Crippen molar-refractivity contribution in [2.45, 2.75) is 13.1 Å². The second kappa shape index (κ2) is 5.27. The van der Waals surface area contributed by atoms with Gasteiger partial charge in [-0.05, 0) is 24.3 Å². The largest absolute Gasteiger partial charge is 0.516 e. The summed E-state index contributed by atoms with van der Waals surface area (Å²) in [5.41, 5.74) is 1.42. The van der Waals surface area contributed by atoms with Gasteiger partial charge in [0.25, 0.3) is 0 Å². The normalized spacial score (nSPS) is 12.0. The van der Waals surface area contributed by atoms with Crippen molar-refractivity contribution in [1.82, 2.24) is 9.13 Å². The minimum atomic E-state index is -0.174. The third-order valence-electron chi connectivity index (χ3n) is 2.71. The van der Waals surface area contributed by atoms with E-state index in [1.807, 2.05) is 24.3 Å². The van der Waals surface area contributed by atoms with Gasteiger partial charge < -0.3 is 10.2 Å². The summed E-state index contributed by atoms with van der Waals surface area (Å²) in [6, 6.07) is 7.41. The zero-order valence-corrected chi connectivity index (χ0v) is 9.73. The van der Waals surface area contributed by atoms with Crippen molar-refractivity contribution < 1.29 is 10.2 Å². The summed E-state index contributed by atoms with van der Waals surface area (Å²) in [6.45, 7) is 0.622. The van der Waals surface area contributed by atoms with Gasteiger partial charge in [-0.2, -0.15) is 0 Å². The Bertz CT molecular complexity index is 596. The Hall–Kier alpha value is -2.43. The lowest BCUT2D eigenvalue weighted by molar-refractivity contribution is 0.468. The Labute approximate surface area is 104 Å². The van der Waals surface area contributed by atoms with Crippen LogP contribution in [0.4, 0.5) is 0 Å². The molecule has 1 aromatic heterocycles. The molecule has 0 bridgehead atoms. The molecule has 2 rings (SSSR count). The van der Waals surface area contributed by atoms with E-state index in [-0.39, 0.29) is 5.69 Å². The van der Waals surface area contributed by atoms with Crippen LogP contribution in [0.2, 0.25) is 0 Å². The molecule has 0 spiro atoms. The summed E-state index contributed by atoms with van der Waals surface area (Å²) >= 11 is 0. The monoisotopic (exact) mass is 246 g/mol. The van der Waals surface area contributed by atoms with Crippen LogP contribution in [-0.4, -0.2) is 19.3 Å². The Morgan fingerprint density at radius 2 is 1.39 bits per heavy atom. The van der Waals surface area contributed by atoms with Crippen molar-refractivity contribution >= 4 is 11.0 Å². The lowest BCUT2D eigenvalue weighted by Gasteiger charge is -1.96. The van der Waals surface area contributed by atoms with E-state index >= 15 is 0 Å². The standard InChI is InChI=1S/C13H14N2O3/c16-9-3-7-14-11-5-1-2-6-12(11)15(13(14)18)8-4-10-17/h1-6,9-10,16-17H,7-8H2. The molecule has 0 fully saturated rings. The van der Waals surface area contributed by atoms with E-state index < -0.39 is 0 Å². The third-order valence-corrected chi connectivity index (χ3v) is 2.71. The molecule has 1 aromatic carbocycles. The number of nitrogens with zero attached hydrogens (tertiary/aromatic N) is 2. The Morgan fingerprint density at radius 3 is 1.78 bits per heavy atom. The van der Waals surface area contributed by atoms with E-state index in [9.17, 15) is 4.79 Å². The highest BCUT2D eigenvalue weighted by Crippen LogP contribution is 2.12. The van der Waals surface area contributed by atoms with Crippen molar-refractivity contribution in [2.24, 2.45) is 0 Å². The first-order valence-corrected chi connectivity index (χ1v) is 5.56. The van der Waals surface area contributed by atoms with Gasteiger partial charge in [0.05, 0.1) is 23.6 Å². The topological polar surface area (TPSA) is 67.4 Å². The number of imidazole rings is 1. The van der Waals surface area contributed by atoms with Crippen LogP contribution in [0, 0.1) is 0 Å². The highest BCUT2D eigenvalue weighted by molar-refractivity contribution is 5.76. The number of rotatable bonds is 4. The third kappa shape index (κ3) is 2.02. The van der Waals surface area contributed by atoms with E-state index in [1.54, 1.807) is 9.13 Å². The maximum atomic E-state index is 12.2. The fourth-order valence-corrected chi connectivity index (χ4v) is 1.93. The average molecular weight is 246 g/mol. The summed E-state index contributed by atoms with van der Waals surface area (Å²) in [5.74, 6) is 0. The molecule has 0 aliphatic carbocycles. The second-order valence-corrected chi connectivity index (χ2v) is 3.76. The van der Waals surface area contributed by atoms with Crippen LogP contribution in [0.15, 0.2) is 53.7 Å². The molecule has 1 heterocycles. The lowest BCUT2D eigenvalue weighted by atomic mass is 10.3. The number of aromatic nitrogens is 2. The molecule has 2 N–H and O–H groups in total. The maximum Gasteiger partial charge on any atom is 0.329 e. The molecule has 2 aromatic rings. The van der Waals surface area contributed by atoms with Gasteiger partial charge in [0, 0.05) is 13.1 Å². The summed E-state index contributed by atoms with van der Waals surface area (Å²) in [7, 11) is 0. The minimum Gasteiger partial charge on any atom is -0.516 e. The smallest absolute Gasteiger partial charge is 0.329 e. The first-order valence-electron chi connectivity index (χ1n) is 5.56. The second-order valence-electron chi connectivity index (χ2n) is 3.76. The van der Waals surface area contributed by atoms with E-state index in [1.165, 1.54) is 12.2 Å². The van der Waals surface area contributed by atoms with Crippen LogP contribution in [0.5, 0.6) is 0 Å². The SMILES string of the molecule is O=c1n(CC=CO)c2ccccc2n1CC=CO. The number of aliphatic hydroxyl groups is 2. The number of allylic oxidation sites excluding steroid dienone is 2. The van der Waals surface area contributed by atoms with Gasteiger partial charge in [-0.25, -0.2) is 4.79 Å². The van der Waals surface area contributed by atoms with Gasteiger partial charge in [-0.15, -0.1) is 0 Å². The predicted molar refractivity (Wildman–Crippen MR) is 69.7 cm³/mol. The molecular weight excluding hydrogens is 232 g/mol.